The third-order valence-corrected chi connectivity index (χ3v) is 8.81. The van der Waals surface area contributed by atoms with Crippen LogP contribution in [0.3, 0.4) is 0 Å². The minimum Gasteiger partial charge on any atom is -0.461 e. The summed E-state index contributed by atoms with van der Waals surface area (Å²) < 4.78 is 35.7. The molecule has 2 aromatic carbocycles. The average Bonchev–Trinajstić information content (AvgIpc) is 2.93. The molecule has 0 aliphatic heterocycles. The van der Waals surface area contributed by atoms with Gasteiger partial charge in [-0.3, -0.25) is 9.59 Å². The van der Waals surface area contributed by atoms with Crippen molar-refractivity contribution in [3.63, 3.8) is 0 Å². The number of nitrogens with one attached hydrogen (secondary N) is 1. The molecule has 0 saturated carbocycles. The van der Waals surface area contributed by atoms with Crippen molar-refractivity contribution in [2.45, 2.75) is 66.2 Å². The number of rotatable bonds is 17. The smallest absolute Gasteiger partial charge is 0.309 e. The summed E-state index contributed by atoms with van der Waals surface area (Å²) in [5.74, 6) is -3.49. The van der Waals surface area contributed by atoms with Crippen molar-refractivity contribution in [2.24, 2.45) is 23.7 Å². The first-order valence-electron chi connectivity index (χ1n) is 14.0. The van der Waals surface area contributed by atoms with E-state index in [0.717, 1.165) is 15.4 Å². The summed E-state index contributed by atoms with van der Waals surface area (Å²) in [7, 11) is -4.12. The van der Waals surface area contributed by atoms with Gasteiger partial charge in [-0.25, -0.2) is 0 Å². The third kappa shape index (κ3) is 10.9. The van der Waals surface area contributed by atoms with Gasteiger partial charge in [0.05, 0.1) is 24.2 Å². The molecule has 3 N–H and O–H groups in total. The highest BCUT2D eigenvalue weighted by molar-refractivity contribution is 7.87. The van der Waals surface area contributed by atoms with Gasteiger partial charge in [-0.1, -0.05) is 88.4 Å². The summed E-state index contributed by atoms with van der Waals surface area (Å²) >= 11 is 0. The number of carbonyl (C=O) groups excluding carboxylic acids is 2. The van der Waals surface area contributed by atoms with E-state index in [0.29, 0.717) is 0 Å². The van der Waals surface area contributed by atoms with E-state index in [1.54, 1.807) is 27.7 Å². The van der Waals surface area contributed by atoms with E-state index < -0.39 is 52.2 Å². The Morgan fingerprint density at radius 2 is 1.44 bits per heavy atom. The van der Waals surface area contributed by atoms with Crippen molar-refractivity contribution in [3.05, 3.63) is 71.8 Å². The van der Waals surface area contributed by atoms with Crippen molar-refractivity contribution < 1.29 is 33.0 Å². The lowest BCUT2D eigenvalue weighted by Gasteiger charge is -2.33. The second-order valence-electron chi connectivity index (χ2n) is 11.8. The first-order valence-corrected chi connectivity index (χ1v) is 15.5. The Kier molecular flexibility index (Phi) is 13.1. The topological polar surface area (TPSA) is 133 Å². The molecule has 2 rings (SSSR count). The first-order chi connectivity index (χ1) is 19.2. The van der Waals surface area contributed by atoms with E-state index in [1.165, 1.54) is 0 Å². The number of hydrogen-bond donors (Lipinski definition) is 3. The number of benzene rings is 2. The van der Waals surface area contributed by atoms with E-state index in [4.69, 9.17) is 4.74 Å². The zero-order valence-electron chi connectivity index (χ0n) is 25.0. The van der Waals surface area contributed by atoms with Gasteiger partial charge in [-0.05, 0) is 37.3 Å². The molecule has 4 atom stereocenters. The van der Waals surface area contributed by atoms with Crippen LogP contribution < -0.4 is 4.72 Å². The van der Waals surface area contributed by atoms with Crippen LogP contribution in [0.5, 0.6) is 0 Å². The minimum atomic E-state index is -4.12. The standard InChI is InChI=1S/C31H46N2O7S/c1-22(2)18-33(41(38,39)32-31(5,6)21-34)19-28(35)27(17-25-13-9-7-10-14-25)29(36)23(3)24(4)30(37)40-20-26-15-11-8-12-16-26/h7-16,22-24,27-28,32,34-35H,17-21H2,1-6H3. The summed E-state index contributed by atoms with van der Waals surface area (Å²) in [4.78, 5) is 26.7. The first kappa shape index (κ1) is 34.6. The van der Waals surface area contributed by atoms with Gasteiger partial charge in [0.25, 0.3) is 10.2 Å². The van der Waals surface area contributed by atoms with Gasteiger partial charge in [0, 0.05) is 24.9 Å². The highest BCUT2D eigenvalue weighted by Gasteiger charge is 2.38. The molecule has 2 aromatic rings. The zero-order chi connectivity index (χ0) is 30.8. The molecule has 10 heteroatoms. The van der Waals surface area contributed by atoms with Gasteiger partial charge in [-0.15, -0.1) is 0 Å². The number of hydrogen-bond acceptors (Lipinski definition) is 7. The largest absolute Gasteiger partial charge is 0.461 e. The molecule has 228 valence electrons. The molecule has 0 heterocycles. The number of aliphatic hydroxyl groups is 2. The van der Waals surface area contributed by atoms with Crippen LogP contribution in [0.2, 0.25) is 0 Å². The average molecular weight is 591 g/mol. The van der Waals surface area contributed by atoms with E-state index >= 15 is 0 Å². The lowest BCUT2D eigenvalue weighted by atomic mass is 9.80. The van der Waals surface area contributed by atoms with Gasteiger partial charge in [-0.2, -0.15) is 17.4 Å². The summed E-state index contributed by atoms with van der Waals surface area (Å²) in [6.45, 7) is 9.48. The highest BCUT2D eigenvalue weighted by Crippen LogP contribution is 2.25. The molecule has 0 aromatic heterocycles. The predicted molar refractivity (Wildman–Crippen MR) is 159 cm³/mol. The van der Waals surface area contributed by atoms with E-state index in [9.17, 15) is 28.2 Å². The molecule has 0 radical (unpaired) electrons. The van der Waals surface area contributed by atoms with Gasteiger partial charge >= 0.3 is 5.97 Å². The van der Waals surface area contributed by atoms with Crippen LogP contribution in [0.15, 0.2) is 60.7 Å². The lowest BCUT2D eigenvalue weighted by molar-refractivity contribution is -0.154. The monoisotopic (exact) mass is 590 g/mol. The van der Waals surface area contributed by atoms with Crippen molar-refractivity contribution in [1.82, 2.24) is 9.03 Å². The van der Waals surface area contributed by atoms with Crippen molar-refractivity contribution in [1.29, 1.82) is 0 Å². The van der Waals surface area contributed by atoms with Crippen molar-refractivity contribution in [2.75, 3.05) is 19.7 Å². The Morgan fingerprint density at radius 3 is 1.95 bits per heavy atom. The molecular weight excluding hydrogens is 544 g/mol. The fourth-order valence-corrected chi connectivity index (χ4v) is 6.14. The molecule has 0 aliphatic carbocycles. The maximum atomic E-state index is 13.9. The number of carbonyl (C=O) groups is 2. The van der Waals surface area contributed by atoms with Crippen LogP contribution in [0.4, 0.5) is 0 Å². The number of ether oxygens (including phenoxy) is 1. The maximum Gasteiger partial charge on any atom is 0.309 e. The van der Waals surface area contributed by atoms with Gasteiger partial charge in [0.15, 0.2) is 0 Å². The van der Waals surface area contributed by atoms with Crippen LogP contribution in [-0.4, -0.2) is 66.0 Å². The lowest BCUT2D eigenvalue weighted by Crippen LogP contribution is -2.55. The normalized spacial score (nSPS) is 15.4. The number of nitrogens with zero attached hydrogens (tertiary/aromatic N) is 1. The van der Waals surface area contributed by atoms with Gasteiger partial charge in [0.1, 0.15) is 12.4 Å². The molecule has 0 spiro atoms. The van der Waals surface area contributed by atoms with Gasteiger partial charge in [0.2, 0.25) is 0 Å². The van der Waals surface area contributed by atoms with Crippen LogP contribution in [0, 0.1) is 23.7 Å². The Labute approximate surface area is 245 Å². The number of ketones is 1. The zero-order valence-corrected chi connectivity index (χ0v) is 25.8. The molecule has 0 saturated heterocycles. The second-order valence-corrected chi connectivity index (χ2v) is 13.5. The SMILES string of the molecule is CC(C)CN(CC(O)C(Cc1ccccc1)C(=O)C(C)C(C)C(=O)OCc1ccccc1)S(=O)(=O)NC(C)(C)CO. The molecule has 41 heavy (non-hydrogen) atoms. The van der Waals surface area contributed by atoms with Crippen LogP contribution >= 0.6 is 0 Å². The second kappa shape index (κ2) is 15.6. The molecule has 4 unspecified atom stereocenters. The van der Waals surface area contributed by atoms with Crippen LogP contribution in [-0.2, 0) is 37.6 Å². The Hall–Kier alpha value is -2.63. The number of aliphatic hydroxyl groups excluding tert-OH is 2. The Balaban J connectivity index is 2.29. The fourth-order valence-electron chi connectivity index (χ4n) is 4.40. The summed E-state index contributed by atoms with van der Waals surface area (Å²) in [6.07, 6.45) is -1.19. The molecule has 0 amide bonds. The number of Topliss-reactive ketones (excluding diaryl/α,β-unsaturated/α-hetero) is 1. The van der Waals surface area contributed by atoms with E-state index in [1.807, 2.05) is 74.5 Å². The Bertz CT molecular complexity index is 1200. The molecular formula is C31H46N2O7S. The summed E-state index contributed by atoms with van der Waals surface area (Å²) in [5, 5.41) is 21.1. The fraction of sp³-hybridized carbons (Fsp3) is 0.548. The number of esters is 1. The minimum absolute atomic E-state index is 0.0716. The molecule has 9 nitrogen and oxygen atoms in total. The van der Waals surface area contributed by atoms with Gasteiger partial charge < -0.3 is 14.9 Å². The van der Waals surface area contributed by atoms with Crippen molar-refractivity contribution in [3.8, 4) is 0 Å². The maximum absolute atomic E-state index is 13.9. The third-order valence-electron chi connectivity index (χ3n) is 7.02. The van der Waals surface area contributed by atoms with E-state index in [2.05, 4.69) is 4.72 Å². The predicted octanol–water partition coefficient (Wildman–Crippen LogP) is 3.35. The summed E-state index contributed by atoms with van der Waals surface area (Å²) in [6, 6.07) is 18.4. The Morgan fingerprint density at radius 1 is 0.902 bits per heavy atom. The molecule has 0 aliphatic rings. The highest BCUT2D eigenvalue weighted by atomic mass is 32.2. The molecule has 0 bridgehead atoms. The van der Waals surface area contributed by atoms with E-state index in [-0.39, 0.29) is 37.8 Å². The van der Waals surface area contributed by atoms with Crippen LogP contribution in [0.1, 0.15) is 52.7 Å². The summed E-state index contributed by atoms with van der Waals surface area (Å²) in [5.41, 5.74) is 0.505. The quantitative estimate of drug-likeness (QED) is 0.241. The van der Waals surface area contributed by atoms with Crippen molar-refractivity contribution >= 4 is 22.0 Å². The van der Waals surface area contributed by atoms with Crippen LogP contribution in [0.25, 0.3) is 0 Å². The molecule has 0 fully saturated rings.